The molecule has 28 heavy (non-hydrogen) atoms. The molecule has 3 heterocycles. The largest absolute Gasteiger partial charge is 0.357 e. The van der Waals surface area contributed by atoms with Gasteiger partial charge in [0, 0.05) is 58.1 Å². The van der Waals surface area contributed by atoms with Crippen LogP contribution in [0.2, 0.25) is 0 Å². The minimum atomic E-state index is 0. The molecule has 0 radical (unpaired) electrons. The maximum atomic E-state index is 4.64. The highest BCUT2D eigenvalue weighted by Gasteiger charge is 2.30. The van der Waals surface area contributed by atoms with Crippen LogP contribution in [0.25, 0.3) is 0 Å². The van der Waals surface area contributed by atoms with Gasteiger partial charge in [-0.3, -0.25) is 9.89 Å². The summed E-state index contributed by atoms with van der Waals surface area (Å²) in [4.78, 5) is 14.1. The molecule has 2 saturated heterocycles. The van der Waals surface area contributed by atoms with E-state index < -0.39 is 0 Å². The maximum Gasteiger partial charge on any atom is 0.191 e. The van der Waals surface area contributed by atoms with Crippen LogP contribution in [0.4, 0.5) is 5.82 Å². The van der Waals surface area contributed by atoms with E-state index in [2.05, 4.69) is 42.5 Å². The van der Waals surface area contributed by atoms with Gasteiger partial charge < -0.3 is 15.5 Å². The van der Waals surface area contributed by atoms with Crippen LogP contribution >= 0.6 is 24.0 Å². The smallest absolute Gasteiger partial charge is 0.191 e. The Bertz CT molecular complexity index is 622. The third-order valence-corrected chi connectivity index (χ3v) is 6.32. The fourth-order valence-corrected chi connectivity index (χ4v) is 4.73. The van der Waals surface area contributed by atoms with Crippen LogP contribution in [0.1, 0.15) is 50.5 Å². The summed E-state index contributed by atoms with van der Waals surface area (Å²) in [7, 11) is 1.85. The molecule has 1 aromatic rings. The van der Waals surface area contributed by atoms with E-state index in [1.165, 1.54) is 57.1 Å². The van der Waals surface area contributed by atoms with E-state index in [1.54, 1.807) is 0 Å². The molecule has 1 aliphatic carbocycles. The van der Waals surface area contributed by atoms with Crippen LogP contribution in [0.15, 0.2) is 23.3 Å². The lowest BCUT2D eigenvalue weighted by Gasteiger charge is -2.24. The summed E-state index contributed by atoms with van der Waals surface area (Å²) in [6, 6.07) is 5.66. The van der Waals surface area contributed by atoms with Crippen molar-refractivity contribution in [1.82, 2.24) is 20.5 Å². The minimum Gasteiger partial charge on any atom is -0.357 e. The van der Waals surface area contributed by atoms with E-state index in [0.717, 1.165) is 44.0 Å². The second-order valence-corrected chi connectivity index (χ2v) is 8.21. The summed E-state index contributed by atoms with van der Waals surface area (Å²) in [6.07, 6.45) is 11.4. The number of nitrogens with one attached hydrogen (secondary N) is 2. The number of hydrogen-bond donors (Lipinski definition) is 2. The van der Waals surface area contributed by atoms with Gasteiger partial charge in [0.05, 0.1) is 0 Å². The van der Waals surface area contributed by atoms with Crippen molar-refractivity contribution in [2.45, 2.75) is 63.6 Å². The number of likely N-dealkylation sites (tertiary alicyclic amines) is 1. The van der Waals surface area contributed by atoms with Crippen LogP contribution in [-0.4, -0.2) is 61.2 Å². The molecule has 156 valence electrons. The summed E-state index contributed by atoms with van der Waals surface area (Å²) in [5.74, 6) is 2.01. The predicted octanol–water partition coefficient (Wildman–Crippen LogP) is 2.98. The van der Waals surface area contributed by atoms with Crippen molar-refractivity contribution in [2.75, 3.05) is 38.1 Å². The van der Waals surface area contributed by atoms with Gasteiger partial charge in [-0.25, -0.2) is 4.98 Å². The summed E-state index contributed by atoms with van der Waals surface area (Å²) in [5.41, 5.74) is 1.19. The fourth-order valence-electron chi connectivity index (χ4n) is 4.73. The normalized spacial score (nSPS) is 23.8. The third-order valence-electron chi connectivity index (χ3n) is 6.32. The molecule has 1 atom stereocenters. The van der Waals surface area contributed by atoms with E-state index in [1.807, 2.05) is 13.2 Å². The fraction of sp³-hybridized carbons (Fsp3) is 0.714. The van der Waals surface area contributed by atoms with Gasteiger partial charge in [0.1, 0.15) is 5.82 Å². The molecule has 0 bridgehead atoms. The Morgan fingerprint density at radius 2 is 1.89 bits per heavy atom. The van der Waals surface area contributed by atoms with Crippen molar-refractivity contribution >= 4 is 35.8 Å². The third kappa shape index (κ3) is 5.49. The van der Waals surface area contributed by atoms with E-state index in [-0.39, 0.29) is 24.0 Å². The summed E-state index contributed by atoms with van der Waals surface area (Å²) in [6.45, 7) is 5.41. The Morgan fingerprint density at radius 3 is 2.57 bits per heavy atom. The maximum absolute atomic E-state index is 4.64. The second kappa shape index (κ2) is 10.6. The number of pyridine rings is 1. The monoisotopic (exact) mass is 498 g/mol. The first-order valence-corrected chi connectivity index (χ1v) is 10.7. The topological polar surface area (TPSA) is 55.8 Å². The van der Waals surface area contributed by atoms with E-state index in [4.69, 9.17) is 0 Å². The molecular weight excluding hydrogens is 463 g/mol. The zero-order valence-electron chi connectivity index (χ0n) is 17.1. The number of halogens is 1. The quantitative estimate of drug-likeness (QED) is 0.372. The first-order valence-electron chi connectivity index (χ1n) is 10.7. The Kier molecular flexibility index (Phi) is 8.20. The highest BCUT2D eigenvalue weighted by atomic mass is 127. The zero-order valence-corrected chi connectivity index (χ0v) is 19.4. The van der Waals surface area contributed by atoms with Gasteiger partial charge in [-0.05, 0) is 43.7 Å². The Morgan fingerprint density at radius 1 is 1.11 bits per heavy atom. The standard InChI is InChI=1S/C21H34N6.HI/c1-22-21(25-18-10-13-27(16-18)19-6-2-3-7-19)24-15-17-8-9-20(23-14-17)26-11-4-5-12-26;/h8-9,14,18-19H,2-7,10-13,15-16H2,1H3,(H2,22,24,25);1H. The second-order valence-electron chi connectivity index (χ2n) is 8.21. The first kappa shape index (κ1) is 21.6. The molecule has 2 N–H and O–H groups in total. The minimum absolute atomic E-state index is 0. The number of nitrogens with zero attached hydrogens (tertiary/aromatic N) is 4. The molecule has 0 aromatic carbocycles. The van der Waals surface area contributed by atoms with Crippen molar-refractivity contribution in [1.29, 1.82) is 0 Å². The zero-order chi connectivity index (χ0) is 18.5. The first-order chi connectivity index (χ1) is 13.3. The molecule has 1 aromatic heterocycles. The van der Waals surface area contributed by atoms with Gasteiger partial charge in [0.2, 0.25) is 0 Å². The van der Waals surface area contributed by atoms with Gasteiger partial charge in [-0.1, -0.05) is 18.9 Å². The van der Waals surface area contributed by atoms with E-state index in [0.29, 0.717) is 6.04 Å². The summed E-state index contributed by atoms with van der Waals surface area (Å²) < 4.78 is 0. The highest BCUT2D eigenvalue weighted by Crippen LogP contribution is 2.26. The average Bonchev–Trinajstić information content (AvgIpc) is 3.47. The number of anilines is 1. The lowest BCUT2D eigenvalue weighted by atomic mass is 10.2. The molecule has 1 saturated carbocycles. The molecule has 2 aliphatic heterocycles. The van der Waals surface area contributed by atoms with Crippen molar-refractivity contribution < 1.29 is 0 Å². The molecular formula is C21H35IN6. The van der Waals surface area contributed by atoms with Crippen LogP contribution in [0.3, 0.4) is 0 Å². The van der Waals surface area contributed by atoms with Gasteiger partial charge in [0.25, 0.3) is 0 Å². The van der Waals surface area contributed by atoms with Gasteiger partial charge in [-0.15, -0.1) is 24.0 Å². The molecule has 7 heteroatoms. The summed E-state index contributed by atoms with van der Waals surface area (Å²) in [5, 5.41) is 7.07. The molecule has 1 unspecified atom stereocenters. The summed E-state index contributed by atoms with van der Waals surface area (Å²) >= 11 is 0. The van der Waals surface area contributed by atoms with Crippen LogP contribution in [-0.2, 0) is 6.54 Å². The lowest BCUT2D eigenvalue weighted by molar-refractivity contribution is 0.242. The molecule has 3 aliphatic rings. The SMILES string of the molecule is CN=C(NCc1ccc(N2CCCC2)nc1)NC1CCN(C2CCCC2)C1.I. The predicted molar refractivity (Wildman–Crippen MR) is 127 cm³/mol. The number of guanidine groups is 1. The lowest BCUT2D eigenvalue weighted by Crippen LogP contribution is -2.45. The van der Waals surface area contributed by atoms with Gasteiger partial charge in [-0.2, -0.15) is 0 Å². The molecule has 3 fully saturated rings. The number of aliphatic imine (C=N–C) groups is 1. The van der Waals surface area contributed by atoms with Gasteiger partial charge in [0.15, 0.2) is 5.96 Å². The molecule has 0 amide bonds. The van der Waals surface area contributed by atoms with Crippen molar-refractivity contribution in [2.24, 2.45) is 4.99 Å². The van der Waals surface area contributed by atoms with E-state index in [9.17, 15) is 0 Å². The number of rotatable bonds is 5. The van der Waals surface area contributed by atoms with Gasteiger partial charge >= 0.3 is 0 Å². The Hall–Kier alpha value is -1.09. The van der Waals surface area contributed by atoms with Crippen LogP contribution < -0.4 is 15.5 Å². The van der Waals surface area contributed by atoms with Crippen molar-refractivity contribution in [3.8, 4) is 0 Å². The number of aromatic nitrogens is 1. The molecule has 6 nitrogen and oxygen atoms in total. The van der Waals surface area contributed by atoms with Crippen molar-refractivity contribution in [3.63, 3.8) is 0 Å². The van der Waals surface area contributed by atoms with Crippen LogP contribution in [0.5, 0.6) is 0 Å². The van der Waals surface area contributed by atoms with Crippen LogP contribution in [0, 0.1) is 0 Å². The Balaban J connectivity index is 0.00000225. The number of hydrogen-bond acceptors (Lipinski definition) is 4. The highest BCUT2D eigenvalue weighted by molar-refractivity contribution is 14.0. The average molecular weight is 498 g/mol. The van der Waals surface area contributed by atoms with Crippen molar-refractivity contribution in [3.05, 3.63) is 23.9 Å². The molecule has 4 rings (SSSR count). The van der Waals surface area contributed by atoms with E-state index >= 15 is 0 Å². The molecule has 0 spiro atoms. The Labute approximate surface area is 186 Å².